The molecule has 0 saturated carbocycles. The van der Waals surface area contributed by atoms with Crippen LogP contribution in [0.15, 0.2) is 54.6 Å². The third-order valence-electron chi connectivity index (χ3n) is 3.43. The van der Waals surface area contributed by atoms with Gasteiger partial charge < -0.3 is 15.2 Å². The van der Waals surface area contributed by atoms with E-state index in [9.17, 15) is 19.9 Å². The summed E-state index contributed by atoms with van der Waals surface area (Å²) in [6.45, 7) is 0. The molecule has 2 aromatic carbocycles. The summed E-state index contributed by atoms with van der Waals surface area (Å²) in [6, 6.07) is 15.1. The number of carboxylic acids is 1. The summed E-state index contributed by atoms with van der Waals surface area (Å²) in [5.41, 5.74) is 2.16. The molecule has 3 aromatic rings. The molecule has 0 bridgehead atoms. The van der Waals surface area contributed by atoms with Crippen LogP contribution >= 0.6 is 0 Å². The van der Waals surface area contributed by atoms with Crippen LogP contribution < -0.4 is 5.46 Å². The lowest BCUT2D eigenvalue weighted by Crippen LogP contribution is -2.29. The lowest BCUT2D eigenvalue weighted by molar-refractivity contribution is 0.0699. The van der Waals surface area contributed by atoms with E-state index in [1.165, 1.54) is 6.07 Å². The first-order valence-electron chi connectivity index (χ1n) is 6.66. The van der Waals surface area contributed by atoms with Crippen molar-refractivity contribution < 1.29 is 19.9 Å². The lowest BCUT2D eigenvalue weighted by atomic mass is 9.79. The molecule has 6 heteroatoms. The van der Waals surface area contributed by atoms with Crippen molar-refractivity contribution in [3.63, 3.8) is 0 Å². The molecule has 0 saturated heterocycles. The van der Waals surface area contributed by atoms with Crippen LogP contribution in [-0.2, 0) is 0 Å². The normalized spacial score (nSPS) is 10.6. The third-order valence-corrected chi connectivity index (χ3v) is 3.43. The van der Waals surface area contributed by atoms with E-state index in [1.807, 2.05) is 0 Å². The van der Waals surface area contributed by atoms with Gasteiger partial charge in [-0.05, 0) is 23.2 Å². The molecule has 1 heterocycles. The topological polar surface area (TPSA) is 90.7 Å². The second kappa shape index (κ2) is 5.59. The Hall–Kier alpha value is -2.70. The summed E-state index contributed by atoms with van der Waals surface area (Å²) in [4.78, 5) is 15.9. The number of carbonyl (C=O) groups is 1. The van der Waals surface area contributed by atoms with E-state index in [2.05, 4.69) is 4.98 Å². The smallest absolute Gasteiger partial charge is 0.478 e. The summed E-state index contributed by atoms with van der Waals surface area (Å²) in [5.74, 6) is -1.03. The maximum absolute atomic E-state index is 11.5. The predicted octanol–water partition coefficient (Wildman–Crippen LogP) is 1.28. The largest absolute Gasteiger partial charge is 0.488 e. The predicted molar refractivity (Wildman–Crippen MR) is 84.0 cm³/mol. The number of hydrogen-bond acceptors (Lipinski definition) is 4. The second-order valence-electron chi connectivity index (χ2n) is 4.88. The first-order valence-corrected chi connectivity index (χ1v) is 6.66. The van der Waals surface area contributed by atoms with Crippen LogP contribution in [0.2, 0.25) is 0 Å². The van der Waals surface area contributed by atoms with Gasteiger partial charge in [-0.15, -0.1) is 0 Å². The van der Waals surface area contributed by atoms with Crippen molar-refractivity contribution in [2.75, 3.05) is 0 Å². The van der Waals surface area contributed by atoms with Crippen molar-refractivity contribution >= 4 is 29.5 Å². The number of aromatic carboxylic acids is 1. The minimum Gasteiger partial charge on any atom is -0.478 e. The number of para-hydroxylation sites is 1. The highest BCUT2D eigenvalue weighted by molar-refractivity contribution is 6.58. The Balaban J connectivity index is 2.23. The minimum absolute atomic E-state index is 0.163. The molecule has 0 spiro atoms. The fourth-order valence-corrected chi connectivity index (χ4v) is 2.36. The van der Waals surface area contributed by atoms with Crippen LogP contribution in [-0.4, -0.2) is 33.2 Å². The minimum atomic E-state index is -1.58. The van der Waals surface area contributed by atoms with E-state index in [4.69, 9.17) is 0 Å². The summed E-state index contributed by atoms with van der Waals surface area (Å²) < 4.78 is 0. The van der Waals surface area contributed by atoms with E-state index >= 15 is 0 Å². The summed E-state index contributed by atoms with van der Waals surface area (Å²) in [5, 5.41) is 28.5. The van der Waals surface area contributed by atoms with Gasteiger partial charge in [-0.3, -0.25) is 0 Å². The van der Waals surface area contributed by atoms with Crippen LogP contribution in [0.4, 0.5) is 0 Å². The Bertz CT molecular complexity index is 864. The van der Waals surface area contributed by atoms with Crippen LogP contribution in [0.25, 0.3) is 22.2 Å². The van der Waals surface area contributed by atoms with Crippen molar-refractivity contribution in [1.82, 2.24) is 4.98 Å². The fourth-order valence-electron chi connectivity index (χ4n) is 2.36. The molecule has 0 aliphatic rings. The van der Waals surface area contributed by atoms with Gasteiger partial charge in [0, 0.05) is 5.39 Å². The molecular weight excluding hydrogens is 281 g/mol. The Morgan fingerprint density at radius 1 is 1.00 bits per heavy atom. The molecule has 0 amide bonds. The van der Waals surface area contributed by atoms with Gasteiger partial charge in [-0.1, -0.05) is 42.5 Å². The zero-order valence-electron chi connectivity index (χ0n) is 11.5. The number of nitrogens with zero attached hydrogens (tertiary/aromatic N) is 1. The van der Waals surface area contributed by atoms with E-state index in [0.717, 1.165) is 0 Å². The molecule has 1 aromatic heterocycles. The van der Waals surface area contributed by atoms with Crippen molar-refractivity contribution in [1.29, 1.82) is 0 Å². The molecule has 0 aliphatic heterocycles. The average molecular weight is 293 g/mol. The van der Waals surface area contributed by atoms with Crippen LogP contribution in [0.3, 0.4) is 0 Å². The molecular formula is C16H12BNO4. The van der Waals surface area contributed by atoms with E-state index in [0.29, 0.717) is 27.6 Å². The number of hydrogen-bond donors (Lipinski definition) is 3. The molecule has 108 valence electrons. The van der Waals surface area contributed by atoms with E-state index in [-0.39, 0.29) is 5.56 Å². The standard InChI is InChI=1S/C16H12BNO4/c19-16(20)13-9-15(18-14-7-2-1-6-12(13)14)10-4-3-5-11(8-10)17(21)22/h1-9,21-22H,(H,19,20). The first-order chi connectivity index (χ1) is 10.6. The number of carboxylic acid groups (broad SMARTS) is 1. The molecule has 5 nitrogen and oxygen atoms in total. The summed E-state index contributed by atoms with van der Waals surface area (Å²) >= 11 is 0. The number of rotatable bonds is 3. The fraction of sp³-hybridized carbons (Fsp3) is 0. The molecule has 0 unspecified atom stereocenters. The lowest BCUT2D eigenvalue weighted by Gasteiger charge is -2.08. The Kier molecular flexibility index (Phi) is 3.62. The van der Waals surface area contributed by atoms with Gasteiger partial charge in [0.25, 0.3) is 0 Å². The van der Waals surface area contributed by atoms with Gasteiger partial charge in [0.1, 0.15) is 0 Å². The molecule has 3 rings (SSSR count). The second-order valence-corrected chi connectivity index (χ2v) is 4.88. The Morgan fingerprint density at radius 2 is 1.77 bits per heavy atom. The monoisotopic (exact) mass is 293 g/mol. The number of fused-ring (bicyclic) bond motifs is 1. The van der Waals surface area contributed by atoms with Gasteiger partial charge in [-0.2, -0.15) is 0 Å². The van der Waals surface area contributed by atoms with Crippen molar-refractivity contribution in [3.8, 4) is 11.3 Å². The highest BCUT2D eigenvalue weighted by Gasteiger charge is 2.15. The number of benzene rings is 2. The van der Waals surface area contributed by atoms with E-state index < -0.39 is 13.1 Å². The van der Waals surface area contributed by atoms with Crippen LogP contribution in [0.1, 0.15) is 10.4 Å². The number of aromatic nitrogens is 1. The maximum Gasteiger partial charge on any atom is 0.488 e. The van der Waals surface area contributed by atoms with Gasteiger partial charge in [0.2, 0.25) is 0 Å². The highest BCUT2D eigenvalue weighted by Crippen LogP contribution is 2.24. The van der Waals surface area contributed by atoms with Crippen molar-refractivity contribution in [2.45, 2.75) is 0 Å². The first kappa shape index (κ1) is 14.3. The Morgan fingerprint density at radius 3 is 2.50 bits per heavy atom. The van der Waals surface area contributed by atoms with Crippen LogP contribution in [0, 0.1) is 0 Å². The van der Waals surface area contributed by atoms with Gasteiger partial charge >= 0.3 is 13.1 Å². The summed E-state index contributed by atoms with van der Waals surface area (Å²) in [6.07, 6.45) is 0. The zero-order chi connectivity index (χ0) is 15.7. The van der Waals surface area contributed by atoms with Gasteiger partial charge in [0.05, 0.1) is 16.8 Å². The van der Waals surface area contributed by atoms with E-state index in [1.54, 1.807) is 48.5 Å². The van der Waals surface area contributed by atoms with Gasteiger partial charge in [-0.25, -0.2) is 9.78 Å². The maximum atomic E-state index is 11.5. The molecule has 0 aliphatic carbocycles. The van der Waals surface area contributed by atoms with Crippen molar-refractivity contribution in [2.24, 2.45) is 0 Å². The highest BCUT2D eigenvalue weighted by atomic mass is 16.4. The van der Waals surface area contributed by atoms with Gasteiger partial charge in [0.15, 0.2) is 0 Å². The molecule has 0 atom stereocenters. The van der Waals surface area contributed by atoms with Crippen LogP contribution in [0.5, 0.6) is 0 Å². The quantitative estimate of drug-likeness (QED) is 0.633. The zero-order valence-corrected chi connectivity index (χ0v) is 11.5. The molecule has 22 heavy (non-hydrogen) atoms. The Labute approximate surface area is 126 Å². The SMILES string of the molecule is O=C(O)c1cc(-c2cccc(B(O)O)c2)nc2ccccc12. The molecule has 3 N–H and O–H groups in total. The van der Waals surface area contributed by atoms with Crippen molar-refractivity contribution in [3.05, 3.63) is 60.2 Å². The average Bonchev–Trinajstić information content (AvgIpc) is 2.53. The number of pyridine rings is 1. The molecule has 0 fully saturated rings. The third kappa shape index (κ3) is 2.57. The summed E-state index contributed by atoms with van der Waals surface area (Å²) in [7, 11) is -1.58. The molecule has 0 radical (unpaired) electrons.